The molecule has 0 aromatic carbocycles. The molecule has 1 aliphatic heterocycles. The molecule has 2 fully saturated rings. The Labute approximate surface area is 191 Å². The summed E-state index contributed by atoms with van der Waals surface area (Å²) in [4.78, 5) is 15.6. The first-order chi connectivity index (χ1) is 14.1. The van der Waals surface area contributed by atoms with E-state index in [0.717, 1.165) is 69.1 Å². The van der Waals surface area contributed by atoms with E-state index >= 15 is 0 Å². The number of allylic oxidation sites excluding steroid dienone is 4. The van der Waals surface area contributed by atoms with Gasteiger partial charge in [0.2, 0.25) is 5.91 Å². The summed E-state index contributed by atoms with van der Waals surface area (Å²) in [6, 6.07) is 0. The minimum Gasteiger partial charge on any atom is -0.371 e. The van der Waals surface area contributed by atoms with Gasteiger partial charge >= 0.3 is 0 Å². The molecule has 0 unspecified atom stereocenters. The van der Waals surface area contributed by atoms with Gasteiger partial charge in [0.25, 0.3) is 0 Å². The van der Waals surface area contributed by atoms with Crippen molar-refractivity contribution in [2.75, 3.05) is 13.1 Å². The van der Waals surface area contributed by atoms with E-state index in [-0.39, 0.29) is 5.91 Å². The highest BCUT2D eigenvalue weighted by molar-refractivity contribution is 6.30. The van der Waals surface area contributed by atoms with Crippen molar-refractivity contribution in [3.8, 4) is 0 Å². The Morgan fingerprint density at radius 3 is 2.03 bits per heavy atom. The summed E-state index contributed by atoms with van der Waals surface area (Å²) < 4.78 is 0. The molecule has 1 N–H and O–H groups in total. The topological polar surface area (TPSA) is 32.3 Å². The zero-order valence-electron chi connectivity index (χ0n) is 20.3. The predicted octanol–water partition coefficient (Wildman–Crippen LogP) is 7.05. The van der Waals surface area contributed by atoms with Crippen molar-refractivity contribution in [3.05, 3.63) is 35.5 Å². The average molecular weight is 437 g/mol. The van der Waals surface area contributed by atoms with Gasteiger partial charge in [-0.15, -0.1) is 0 Å². The minimum atomic E-state index is -0.469. The molecule has 1 aliphatic carbocycles. The van der Waals surface area contributed by atoms with E-state index in [9.17, 15) is 4.79 Å². The number of hydrogen-bond acceptors (Lipinski definition) is 2. The Hall–Kier alpha value is -1.22. The van der Waals surface area contributed by atoms with Gasteiger partial charge in [0.1, 0.15) is 5.54 Å². The fourth-order valence-corrected chi connectivity index (χ4v) is 4.35. The van der Waals surface area contributed by atoms with Gasteiger partial charge in [-0.2, -0.15) is 0 Å². The summed E-state index contributed by atoms with van der Waals surface area (Å²) in [5.74, 6) is 2.58. The normalized spacial score (nSPS) is 20.3. The standard InChI is InChI=1S/C22H35ClN2O.C4H10/c1-5-20(10-9-18(4)23)24-22(13-7-6-8-14-22)21(26)25-15-11-19(12-16-25)17(2)3;1-4(2)3/h5,9-10,17,19,24H,4,6-8,11-16H2,1-3H3;4H,1-3H3/b10-9-,20-5+;. The van der Waals surface area contributed by atoms with Crippen LogP contribution in [0.2, 0.25) is 0 Å². The summed E-state index contributed by atoms with van der Waals surface area (Å²) in [6.07, 6.45) is 13.2. The van der Waals surface area contributed by atoms with Gasteiger partial charge in [-0.1, -0.05) is 78.1 Å². The Morgan fingerprint density at radius 2 is 1.60 bits per heavy atom. The van der Waals surface area contributed by atoms with Gasteiger partial charge < -0.3 is 10.2 Å². The van der Waals surface area contributed by atoms with Crippen molar-refractivity contribution in [1.82, 2.24) is 10.2 Å². The first-order valence-electron chi connectivity index (χ1n) is 11.9. The fourth-order valence-electron chi connectivity index (χ4n) is 4.29. The van der Waals surface area contributed by atoms with Crippen LogP contribution in [0.1, 0.15) is 86.5 Å². The molecule has 0 spiro atoms. The third-order valence-electron chi connectivity index (χ3n) is 6.02. The smallest absolute Gasteiger partial charge is 0.248 e. The number of nitrogens with zero attached hydrogens (tertiary/aromatic N) is 1. The number of halogens is 1. The molecule has 2 aliphatic rings. The fraction of sp³-hybridized carbons (Fsp3) is 0.731. The predicted molar refractivity (Wildman–Crippen MR) is 131 cm³/mol. The molecule has 30 heavy (non-hydrogen) atoms. The number of rotatable bonds is 6. The Balaban J connectivity index is 0.00000103. The van der Waals surface area contributed by atoms with Crippen LogP contribution in [0.4, 0.5) is 0 Å². The highest BCUT2D eigenvalue weighted by Gasteiger charge is 2.43. The molecule has 1 amide bonds. The van der Waals surface area contributed by atoms with E-state index in [0.29, 0.717) is 11.0 Å². The highest BCUT2D eigenvalue weighted by Crippen LogP contribution is 2.33. The van der Waals surface area contributed by atoms with Crippen molar-refractivity contribution in [2.24, 2.45) is 17.8 Å². The van der Waals surface area contributed by atoms with Gasteiger partial charge in [0.05, 0.1) is 0 Å². The maximum Gasteiger partial charge on any atom is 0.248 e. The van der Waals surface area contributed by atoms with E-state index in [1.807, 2.05) is 19.1 Å². The van der Waals surface area contributed by atoms with Crippen LogP contribution < -0.4 is 5.32 Å². The van der Waals surface area contributed by atoms with E-state index in [1.165, 1.54) is 6.42 Å². The SMILES string of the molecule is C=C(Cl)/C=C\C(=C/C)NC1(C(=O)N2CCC(C(C)C)CC2)CCCCC1.CC(C)C. The van der Waals surface area contributed by atoms with Crippen LogP contribution in [0, 0.1) is 17.8 Å². The Kier molecular flexibility index (Phi) is 11.8. The molecule has 1 heterocycles. The second-order valence-corrected chi connectivity index (χ2v) is 10.4. The molecular weight excluding hydrogens is 392 g/mol. The van der Waals surface area contributed by atoms with Gasteiger partial charge in [0.15, 0.2) is 0 Å². The van der Waals surface area contributed by atoms with Crippen LogP contribution in [0.15, 0.2) is 35.5 Å². The lowest BCUT2D eigenvalue weighted by Gasteiger charge is -2.43. The molecule has 172 valence electrons. The summed E-state index contributed by atoms with van der Waals surface area (Å²) >= 11 is 5.87. The van der Waals surface area contributed by atoms with Crippen LogP contribution in [0.5, 0.6) is 0 Å². The lowest BCUT2D eigenvalue weighted by atomic mass is 9.79. The van der Waals surface area contributed by atoms with Crippen molar-refractivity contribution in [1.29, 1.82) is 0 Å². The minimum absolute atomic E-state index is 0.289. The molecule has 0 bridgehead atoms. The number of carbonyl (C=O) groups excluding carboxylic acids is 1. The first-order valence-corrected chi connectivity index (χ1v) is 12.3. The largest absolute Gasteiger partial charge is 0.371 e. The number of likely N-dealkylation sites (tertiary alicyclic amines) is 1. The van der Waals surface area contributed by atoms with Crippen molar-refractivity contribution < 1.29 is 4.79 Å². The van der Waals surface area contributed by atoms with Gasteiger partial charge in [-0.05, 0) is 62.5 Å². The molecule has 2 rings (SSSR count). The first kappa shape index (κ1) is 26.8. The Bertz CT molecular complexity index is 589. The van der Waals surface area contributed by atoms with E-state index in [1.54, 1.807) is 6.08 Å². The van der Waals surface area contributed by atoms with Gasteiger partial charge in [-0.25, -0.2) is 0 Å². The average Bonchev–Trinajstić information content (AvgIpc) is 2.70. The van der Waals surface area contributed by atoms with Crippen molar-refractivity contribution in [3.63, 3.8) is 0 Å². The summed E-state index contributed by atoms with van der Waals surface area (Å²) in [7, 11) is 0. The summed E-state index contributed by atoms with van der Waals surface area (Å²) in [5.41, 5.74) is 0.474. The molecule has 1 saturated carbocycles. The molecular formula is C26H45ClN2O. The molecule has 0 atom stereocenters. The lowest BCUT2D eigenvalue weighted by Crippen LogP contribution is -2.59. The van der Waals surface area contributed by atoms with Crippen molar-refractivity contribution >= 4 is 17.5 Å². The van der Waals surface area contributed by atoms with E-state index in [4.69, 9.17) is 11.6 Å². The quantitative estimate of drug-likeness (QED) is 0.452. The maximum absolute atomic E-state index is 13.5. The third kappa shape index (κ3) is 8.88. The van der Waals surface area contributed by atoms with Crippen LogP contribution >= 0.6 is 11.6 Å². The monoisotopic (exact) mass is 436 g/mol. The van der Waals surface area contributed by atoms with Crippen LogP contribution in [0.25, 0.3) is 0 Å². The highest BCUT2D eigenvalue weighted by atomic mass is 35.5. The zero-order valence-corrected chi connectivity index (χ0v) is 21.0. The van der Waals surface area contributed by atoms with Gasteiger partial charge in [0, 0.05) is 23.8 Å². The summed E-state index contributed by atoms with van der Waals surface area (Å²) in [5, 5.41) is 4.08. The van der Waals surface area contributed by atoms with Crippen LogP contribution in [-0.4, -0.2) is 29.4 Å². The molecule has 1 saturated heterocycles. The molecule has 0 aromatic heterocycles. The maximum atomic E-state index is 13.5. The van der Waals surface area contributed by atoms with Crippen molar-refractivity contribution in [2.45, 2.75) is 92.0 Å². The third-order valence-corrected chi connectivity index (χ3v) is 6.15. The van der Waals surface area contributed by atoms with E-state index in [2.05, 4.69) is 51.4 Å². The Morgan fingerprint density at radius 1 is 1.07 bits per heavy atom. The number of piperidine rings is 1. The van der Waals surface area contributed by atoms with Crippen LogP contribution in [-0.2, 0) is 4.79 Å². The second-order valence-electron chi connectivity index (χ2n) is 9.90. The number of amides is 1. The molecule has 4 heteroatoms. The van der Waals surface area contributed by atoms with E-state index < -0.39 is 5.54 Å². The lowest BCUT2D eigenvalue weighted by molar-refractivity contribution is -0.141. The zero-order chi connectivity index (χ0) is 22.7. The molecule has 3 nitrogen and oxygen atoms in total. The number of hydrogen-bond donors (Lipinski definition) is 1. The molecule has 0 radical (unpaired) electrons. The molecule has 0 aromatic rings. The summed E-state index contributed by atoms with van der Waals surface area (Å²) in [6.45, 7) is 18.6. The van der Waals surface area contributed by atoms with Crippen LogP contribution in [0.3, 0.4) is 0 Å². The van der Waals surface area contributed by atoms with Gasteiger partial charge in [-0.3, -0.25) is 4.79 Å². The number of nitrogens with one attached hydrogen (secondary N) is 1. The number of carbonyl (C=O) groups is 1. The second kappa shape index (κ2) is 13.2.